The second-order valence-electron chi connectivity index (χ2n) is 9.28. The van der Waals surface area contributed by atoms with Crippen molar-refractivity contribution in [2.75, 3.05) is 18.4 Å². The number of aryl methyl sites for hydroxylation is 1. The van der Waals surface area contributed by atoms with Gasteiger partial charge < -0.3 is 5.32 Å². The van der Waals surface area contributed by atoms with Crippen molar-refractivity contribution in [2.24, 2.45) is 0 Å². The van der Waals surface area contributed by atoms with E-state index in [4.69, 9.17) is 0 Å². The van der Waals surface area contributed by atoms with Gasteiger partial charge >= 0.3 is 0 Å². The number of rotatable bonds is 8. The Labute approximate surface area is 193 Å². The molecule has 0 bridgehead atoms. The van der Waals surface area contributed by atoms with Crippen LogP contribution in [0.2, 0.25) is 0 Å². The van der Waals surface area contributed by atoms with Gasteiger partial charge in [0, 0.05) is 25.2 Å². The molecule has 1 amide bonds. The van der Waals surface area contributed by atoms with Crippen LogP contribution in [0.15, 0.2) is 47.4 Å². The predicted octanol–water partition coefficient (Wildman–Crippen LogP) is 5.68. The number of carbonyl (C=O) groups is 1. The SMILES string of the molecule is CC(C)c1cccc(C(C)C)c1NC(=O)CCc1ccc(S(=O)(=O)N2CCCCC2)cc1. The molecule has 6 heteroatoms. The Kier molecular flexibility index (Phi) is 8.12. The Hall–Kier alpha value is -2.18. The first-order chi connectivity index (χ1) is 15.2. The van der Waals surface area contributed by atoms with Crippen molar-refractivity contribution in [3.63, 3.8) is 0 Å². The van der Waals surface area contributed by atoms with E-state index >= 15 is 0 Å². The fraction of sp³-hybridized carbons (Fsp3) is 0.500. The Morgan fingerprint density at radius 3 is 2.00 bits per heavy atom. The van der Waals surface area contributed by atoms with Gasteiger partial charge in [0.15, 0.2) is 0 Å². The fourth-order valence-corrected chi connectivity index (χ4v) is 5.75. The van der Waals surface area contributed by atoms with Gasteiger partial charge in [-0.2, -0.15) is 4.31 Å². The third kappa shape index (κ3) is 5.78. The van der Waals surface area contributed by atoms with Crippen molar-refractivity contribution in [2.45, 2.75) is 76.5 Å². The van der Waals surface area contributed by atoms with Crippen LogP contribution in [0.4, 0.5) is 5.69 Å². The average molecular weight is 457 g/mol. The Morgan fingerprint density at radius 1 is 0.906 bits per heavy atom. The third-order valence-corrected chi connectivity index (χ3v) is 8.07. The van der Waals surface area contributed by atoms with Crippen LogP contribution in [0.3, 0.4) is 0 Å². The minimum Gasteiger partial charge on any atom is -0.326 e. The quantitative estimate of drug-likeness (QED) is 0.556. The molecule has 0 atom stereocenters. The molecule has 2 aromatic rings. The lowest BCUT2D eigenvalue weighted by atomic mass is 9.92. The topological polar surface area (TPSA) is 66.5 Å². The Bertz CT molecular complexity index is 995. The molecule has 1 aliphatic rings. The number of nitrogens with zero attached hydrogens (tertiary/aromatic N) is 1. The summed E-state index contributed by atoms with van der Waals surface area (Å²) in [6, 6.07) is 13.2. The van der Waals surface area contributed by atoms with E-state index in [1.807, 2.05) is 12.1 Å². The van der Waals surface area contributed by atoms with E-state index in [2.05, 4.69) is 51.2 Å². The number of amides is 1. The summed E-state index contributed by atoms with van der Waals surface area (Å²) in [7, 11) is -3.42. The lowest BCUT2D eigenvalue weighted by molar-refractivity contribution is -0.116. The van der Waals surface area contributed by atoms with Gasteiger partial charge in [0.1, 0.15) is 0 Å². The Balaban J connectivity index is 1.65. The maximum absolute atomic E-state index is 12.8. The summed E-state index contributed by atoms with van der Waals surface area (Å²) in [5.41, 5.74) is 4.19. The van der Waals surface area contributed by atoms with E-state index in [0.29, 0.717) is 42.7 Å². The van der Waals surface area contributed by atoms with Gasteiger partial charge in [-0.25, -0.2) is 8.42 Å². The zero-order valence-electron chi connectivity index (χ0n) is 19.7. The molecule has 174 valence electrons. The molecule has 0 radical (unpaired) electrons. The highest BCUT2D eigenvalue weighted by molar-refractivity contribution is 7.89. The average Bonchev–Trinajstić information content (AvgIpc) is 2.78. The Morgan fingerprint density at radius 2 is 1.47 bits per heavy atom. The molecular formula is C26H36N2O3S. The molecule has 1 N–H and O–H groups in total. The maximum Gasteiger partial charge on any atom is 0.243 e. The largest absolute Gasteiger partial charge is 0.326 e. The summed E-state index contributed by atoms with van der Waals surface area (Å²) in [5, 5.41) is 3.15. The molecule has 0 unspecified atom stereocenters. The first kappa shape index (κ1) is 24.5. The second kappa shape index (κ2) is 10.6. The molecule has 1 saturated heterocycles. The highest BCUT2D eigenvalue weighted by Gasteiger charge is 2.25. The molecule has 2 aromatic carbocycles. The van der Waals surface area contributed by atoms with E-state index in [1.165, 1.54) is 0 Å². The van der Waals surface area contributed by atoms with Crippen molar-refractivity contribution in [1.29, 1.82) is 0 Å². The standard InChI is InChI=1S/C26H36N2O3S/c1-19(2)23-9-8-10-24(20(3)4)26(23)27-25(29)16-13-21-11-14-22(15-12-21)32(30,31)28-17-6-5-7-18-28/h8-12,14-15,19-20H,5-7,13,16-18H2,1-4H3,(H,27,29). The minimum atomic E-state index is -3.42. The smallest absolute Gasteiger partial charge is 0.243 e. The van der Waals surface area contributed by atoms with Gasteiger partial charge in [0.2, 0.25) is 15.9 Å². The van der Waals surface area contributed by atoms with Crippen molar-refractivity contribution in [3.05, 3.63) is 59.2 Å². The van der Waals surface area contributed by atoms with E-state index < -0.39 is 10.0 Å². The fourth-order valence-electron chi connectivity index (χ4n) is 4.24. The van der Waals surface area contributed by atoms with Gasteiger partial charge in [-0.3, -0.25) is 4.79 Å². The zero-order valence-corrected chi connectivity index (χ0v) is 20.5. The molecule has 0 spiro atoms. The molecule has 1 heterocycles. The van der Waals surface area contributed by atoms with E-state index in [1.54, 1.807) is 16.4 Å². The number of para-hydroxylation sites is 1. The molecule has 5 nitrogen and oxygen atoms in total. The van der Waals surface area contributed by atoms with Gasteiger partial charge in [0.25, 0.3) is 0 Å². The molecule has 0 aromatic heterocycles. The predicted molar refractivity (Wildman–Crippen MR) is 131 cm³/mol. The van der Waals surface area contributed by atoms with E-state index in [-0.39, 0.29) is 5.91 Å². The van der Waals surface area contributed by atoms with Gasteiger partial charge in [0.05, 0.1) is 4.90 Å². The molecule has 32 heavy (non-hydrogen) atoms. The van der Waals surface area contributed by atoms with Crippen molar-refractivity contribution < 1.29 is 13.2 Å². The number of hydrogen-bond donors (Lipinski definition) is 1. The van der Waals surface area contributed by atoms with E-state index in [0.717, 1.165) is 41.6 Å². The summed E-state index contributed by atoms with van der Waals surface area (Å²) >= 11 is 0. The van der Waals surface area contributed by atoms with Crippen molar-refractivity contribution >= 4 is 21.6 Å². The first-order valence-corrected chi connectivity index (χ1v) is 13.2. The van der Waals surface area contributed by atoms with Crippen LogP contribution in [0.25, 0.3) is 0 Å². The maximum atomic E-state index is 12.8. The third-order valence-electron chi connectivity index (χ3n) is 6.15. The summed E-state index contributed by atoms with van der Waals surface area (Å²) in [4.78, 5) is 13.1. The van der Waals surface area contributed by atoms with Gasteiger partial charge in [-0.1, -0.05) is 64.4 Å². The molecule has 0 saturated carbocycles. The second-order valence-corrected chi connectivity index (χ2v) is 11.2. The molecule has 1 fully saturated rings. The van der Waals surface area contributed by atoms with E-state index in [9.17, 15) is 13.2 Å². The number of nitrogens with one attached hydrogen (secondary N) is 1. The molecule has 0 aliphatic carbocycles. The minimum absolute atomic E-state index is 0.0231. The highest BCUT2D eigenvalue weighted by Crippen LogP contribution is 2.32. The number of piperidine rings is 1. The molecular weight excluding hydrogens is 420 g/mol. The number of hydrogen-bond acceptors (Lipinski definition) is 3. The van der Waals surface area contributed by atoms with Crippen LogP contribution >= 0.6 is 0 Å². The van der Waals surface area contributed by atoms with Crippen LogP contribution in [-0.4, -0.2) is 31.7 Å². The first-order valence-electron chi connectivity index (χ1n) is 11.7. The summed E-state index contributed by atoms with van der Waals surface area (Å²) < 4.78 is 27.2. The van der Waals surface area contributed by atoms with Crippen molar-refractivity contribution in [3.8, 4) is 0 Å². The molecule has 1 aliphatic heterocycles. The number of sulfonamides is 1. The number of anilines is 1. The molecule has 3 rings (SSSR count). The monoisotopic (exact) mass is 456 g/mol. The van der Waals surface area contributed by atoms with Crippen LogP contribution in [0.1, 0.15) is 81.9 Å². The summed E-state index contributed by atoms with van der Waals surface area (Å²) in [5.74, 6) is 0.613. The zero-order chi connectivity index (χ0) is 23.3. The normalized spacial score (nSPS) is 15.3. The highest BCUT2D eigenvalue weighted by atomic mass is 32.2. The van der Waals surface area contributed by atoms with Crippen LogP contribution in [0.5, 0.6) is 0 Å². The van der Waals surface area contributed by atoms with Gasteiger partial charge in [-0.05, 0) is 59.9 Å². The summed E-state index contributed by atoms with van der Waals surface area (Å²) in [6.07, 6.45) is 3.85. The van der Waals surface area contributed by atoms with Crippen LogP contribution in [-0.2, 0) is 21.2 Å². The van der Waals surface area contributed by atoms with Crippen LogP contribution in [0, 0.1) is 0 Å². The lowest BCUT2D eigenvalue weighted by Crippen LogP contribution is -2.35. The lowest BCUT2D eigenvalue weighted by Gasteiger charge is -2.25. The van der Waals surface area contributed by atoms with Crippen LogP contribution < -0.4 is 5.32 Å². The van der Waals surface area contributed by atoms with Gasteiger partial charge in [-0.15, -0.1) is 0 Å². The van der Waals surface area contributed by atoms with Crippen molar-refractivity contribution in [1.82, 2.24) is 4.31 Å². The number of benzene rings is 2. The number of carbonyl (C=O) groups excluding carboxylic acids is 1. The summed E-state index contributed by atoms with van der Waals surface area (Å²) in [6.45, 7) is 9.73.